The summed E-state index contributed by atoms with van der Waals surface area (Å²) in [6.07, 6.45) is 3.89. The molecule has 0 bridgehead atoms. The van der Waals surface area contributed by atoms with Crippen LogP contribution < -0.4 is 4.74 Å². The first-order valence-electron chi connectivity index (χ1n) is 12.5. The Labute approximate surface area is 202 Å². The average Bonchev–Trinajstić information content (AvgIpc) is 3.32. The van der Waals surface area contributed by atoms with Crippen molar-refractivity contribution in [2.24, 2.45) is 5.92 Å². The highest BCUT2D eigenvalue weighted by atomic mass is 19.1. The summed E-state index contributed by atoms with van der Waals surface area (Å²) in [7, 11) is 0. The van der Waals surface area contributed by atoms with Crippen LogP contribution in [0.4, 0.5) is 4.39 Å². The first kappa shape index (κ1) is 24.7. The van der Waals surface area contributed by atoms with Crippen LogP contribution in [-0.2, 0) is 0 Å². The smallest absolute Gasteiger partial charge is 0.254 e. The molecule has 2 saturated heterocycles. The Morgan fingerprint density at radius 1 is 1.00 bits per heavy atom. The van der Waals surface area contributed by atoms with Crippen molar-refractivity contribution in [2.45, 2.75) is 51.2 Å². The van der Waals surface area contributed by atoms with Gasteiger partial charge in [0.1, 0.15) is 11.4 Å². The van der Waals surface area contributed by atoms with E-state index in [-0.39, 0.29) is 18.6 Å². The molecule has 0 aromatic heterocycles. The molecule has 2 aliphatic heterocycles. The van der Waals surface area contributed by atoms with E-state index >= 15 is 0 Å². The van der Waals surface area contributed by atoms with E-state index in [0.717, 1.165) is 55.6 Å². The zero-order valence-electron chi connectivity index (χ0n) is 20.4. The maximum absolute atomic E-state index is 13.9. The molecule has 2 aromatic rings. The molecule has 2 fully saturated rings. The van der Waals surface area contributed by atoms with Crippen molar-refractivity contribution in [1.82, 2.24) is 9.80 Å². The predicted molar refractivity (Wildman–Crippen MR) is 133 cm³/mol. The summed E-state index contributed by atoms with van der Waals surface area (Å²) >= 11 is 0. The molecule has 0 saturated carbocycles. The fourth-order valence-corrected chi connectivity index (χ4v) is 5.06. The second-order valence-corrected chi connectivity index (χ2v) is 10.3. The highest BCUT2D eigenvalue weighted by Crippen LogP contribution is 2.26. The van der Waals surface area contributed by atoms with Crippen LogP contribution >= 0.6 is 0 Å². The Morgan fingerprint density at radius 2 is 1.62 bits per heavy atom. The summed E-state index contributed by atoms with van der Waals surface area (Å²) in [4.78, 5) is 16.8. The number of alkyl halides is 1. The molecule has 2 heterocycles. The molecule has 5 nitrogen and oxygen atoms in total. The molecule has 2 aromatic carbocycles. The van der Waals surface area contributed by atoms with Crippen LogP contribution in [0.15, 0.2) is 48.5 Å². The molecule has 1 unspecified atom stereocenters. The van der Waals surface area contributed by atoms with Crippen molar-refractivity contribution in [3.63, 3.8) is 0 Å². The number of piperidine rings is 1. The van der Waals surface area contributed by atoms with Crippen LogP contribution in [0.3, 0.4) is 0 Å². The Balaban J connectivity index is 1.27. The molecule has 1 atom stereocenters. The summed E-state index contributed by atoms with van der Waals surface area (Å²) in [6, 6.07) is 15.7. The van der Waals surface area contributed by atoms with Gasteiger partial charge in [0, 0.05) is 18.7 Å². The lowest BCUT2D eigenvalue weighted by atomic mass is 9.97. The van der Waals surface area contributed by atoms with E-state index in [4.69, 9.17) is 4.74 Å². The van der Waals surface area contributed by atoms with Crippen molar-refractivity contribution < 1.29 is 19.0 Å². The minimum absolute atomic E-state index is 0.00825. The number of likely N-dealkylation sites (tertiary alicyclic amines) is 2. The lowest BCUT2D eigenvalue weighted by Gasteiger charge is -2.34. The molecule has 2 aliphatic rings. The second-order valence-electron chi connectivity index (χ2n) is 10.3. The van der Waals surface area contributed by atoms with Gasteiger partial charge in [-0.3, -0.25) is 4.79 Å². The monoisotopic (exact) mass is 468 g/mol. The van der Waals surface area contributed by atoms with E-state index in [9.17, 15) is 14.3 Å². The number of aliphatic hydroxyl groups is 1. The lowest BCUT2D eigenvalue weighted by molar-refractivity contribution is 0.0677. The number of hydrogen-bond donors (Lipinski definition) is 1. The van der Waals surface area contributed by atoms with Gasteiger partial charge in [0.05, 0.1) is 19.3 Å². The zero-order chi connectivity index (χ0) is 24.1. The Kier molecular flexibility index (Phi) is 7.89. The van der Waals surface area contributed by atoms with Gasteiger partial charge in [0.15, 0.2) is 0 Å². The SMILES string of the molecule is CC(C)(F)CN1CCC(COc2ccc(-c3ccc(C(=O)N4CCCC4CO)cc3)cc2)CC1. The minimum Gasteiger partial charge on any atom is -0.493 e. The summed E-state index contributed by atoms with van der Waals surface area (Å²) in [5, 5.41) is 9.49. The first-order valence-corrected chi connectivity index (χ1v) is 12.5. The highest BCUT2D eigenvalue weighted by Gasteiger charge is 2.29. The second kappa shape index (κ2) is 10.9. The topological polar surface area (TPSA) is 53.0 Å². The number of aliphatic hydroxyl groups excluding tert-OH is 1. The average molecular weight is 469 g/mol. The predicted octanol–water partition coefficient (Wildman–Crippen LogP) is 4.79. The number of hydrogen-bond acceptors (Lipinski definition) is 4. The Bertz CT molecular complexity index is 932. The number of carbonyl (C=O) groups excluding carboxylic acids is 1. The van der Waals surface area contributed by atoms with Crippen molar-refractivity contribution in [3.05, 3.63) is 54.1 Å². The number of carbonyl (C=O) groups is 1. The molecule has 4 rings (SSSR count). The maximum Gasteiger partial charge on any atom is 0.254 e. The first-order chi connectivity index (χ1) is 16.3. The van der Waals surface area contributed by atoms with E-state index < -0.39 is 5.67 Å². The summed E-state index contributed by atoms with van der Waals surface area (Å²) in [5.41, 5.74) is 1.64. The van der Waals surface area contributed by atoms with Crippen molar-refractivity contribution in [3.8, 4) is 16.9 Å². The molecule has 0 radical (unpaired) electrons. The molecule has 6 heteroatoms. The molecule has 1 amide bonds. The molecular formula is C28H37FN2O3. The van der Waals surface area contributed by atoms with E-state index in [2.05, 4.69) is 4.90 Å². The molecular weight excluding hydrogens is 431 g/mol. The van der Waals surface area contributed by atoms with E-state index in [1.54, 1.807) is 18.7 Å². The molecule has 0 spiro atoms. The van der Waals surface area contributed by atoms with Crippen LogP contribution in [0.5, 0.6) is 5.75 Å². The Hall–Kier alpha value is -2.44. The van der Waals surface area contributed by atoms with E-state index in [1.165, 1.54) is 0 Å². The third-order valence-electron chi connectivity index (χ3n) is 6.96. The standard InChI is InChI=1S/C28H37FN2O3/c1-28(2,29)20-30-16-13-21(14-17-30)19-34-26-11-9-23(10-12-26)22-5-7-24(8-6-22)27(33)31-15-3-4-25(31)18-32/h5-12,21,25,32H,3-4,13-20H2,1-2H3. The van der Waals surface area contributed by atoms with Crippen LogP contribution in [0.25, 0.3) is 11.1 Å². The van der Waals surface area contributed by atoms with Gasteiger partial charge in [0.2, 0.25) is 0 Å². The van der Waals surface area contributed by atoms with E-state index in [1.807, 2.05) is 48.5 Å². The lowest BCUT2D eigenvalue weighted by Crippen LogP contribution is -2.41. The zero-order valence-corrected chi connectivity index (χ0v) is 20.4. The van der Waals surface area contributed by atoms with Crippen LogP contribution in [0, 0.1) is 5.92 Å². The maximum atomic E-state index is 13.9. The molecule has 0 aliphatic carbocycles. The summed E-state index contributed by atoms with van der Waals surface area (Å²) < 4.78 is 19.9. The van der Waals surface area contributed by atoms with Gasteiger partial charge in [-0.1, -0.05) is 24.3 Å². The number of halogens is 1. The van der Waals surface area contributed by atoms with Crippen LogP contribution in [0.1, 0.15) is 49.9 Å². The van der Waals surface area contributed by atoms with E-state index in [0.29, 0.717) is 31.2 Å². The van der Waals surface area contributed by atoms with Gasteiger partial charge in [-0.25, -0.2) is 4.39 Å². The number of nitrogens with zero attached hydrogens (tertiary/aromatic N) is 2. The normalized spacial score (nSPS) is 20.0. The highest BCUT2D eigenvalue weighted by molar-refractivity contribution is 5.95. The summed E-state index contributed by atoms with van der Waals surface area (Å²) in [5.74, 6) is 1.35. The van der Waals surface area contributed by atoms with Crippen molar-refractivity contribution in [1.29, 1.82) is 0 Å². The molecule has 1 N–H and O–H groups in total. The third kappa shape index (κ3) is 6.36. The largest absolute Gasteiger partial charge is 0.493 e. The van der Waals surface area contributed by atoms with Gasteiger partial charge < -0.3 is 19.6 Å². The fraction of sp³-hybridized carbons (Fsp3) is 0.536. The quantitative estimate of drug-likeness (QED) is 0.605. The van der Waals surface area contributed by atoms with Gasteiger partial charge in [0.25, 0.3) is 5.91 Å². The van der Waals surface area contributed by atoms with Crippen LogP contribution in [0.2, 0.25) is 0 Å². The third-order valence-corrected chi connectivity index (χ3v) is 6.96. The number of amides is 1. The van der Waals surface area contributed by atoms with Gasteiger partial charge in [-0.15, -0.1) is 0 Å². The fourth-order valence-electron chi connectivity index (χ4n) is 5.06. The minimum atomic E-state index is -1.14. The van der Waals surface area contributed by atoms with Gasteiger partial charge in [-0.2, -0.15) is 0 Å². The number of rotatable bonds is 8. The Morgan fingerprint density at radius 3 is 2.21 bits per heavy atom. The molecule has 34 heavy (non-hydrogen) atoms. The van der Waals surface area contributed by atoms with Crippen LogP contribution in [-0.4, -0.2) is 71.9 Å². The van der Waals surface area contributed by atoms with Crippen molar-refractivity contribution >= 4 is 5.91 Å². The van der Waals surface area contributed by atoms with Gasteiger partial charge >= 0.3 is 0 Å². The number of ether oxygens (including phenoxy) is 1. The summed E-state index contributed by atoms with van der Waals surface area (Å²) in [6.45, 7) is 7.06. The molecule has 184 valence electrons. The van der Waals surface area contributed by atoms with Gasteiger partial charge in [-0.05, 0) is 93.9 Å². The van der Waals surface area contributed by atoms with Crippen molar-refractivity contribution in [2.75, 3.05) is 39.4 Å². The number of benzene rings is 2.